The number of nitrogens with zero attached hydrogens (tertiary/aromatic N) is 1. The normalized spacial score (nSPS) is 12.3. The van der Waals surface area contributed by atoms with Crippen molar-refractivity contribution in [2.75, 3.05) is 11.5 Å². The first-order chi connectivity index (χ1) is 8.65. The van der Waals surface area contributed by atoms with Crippen LogP contribution in [0.3, 0.4) is 0 Å². The molecule has 0 aliphatic rings. The molecular formula is C12H13N3O2S. The number of aliphatic hydroxyl groups excluding tert-OH is 1. The summed E-state index contributed by atoms with van der Waals surface area (Å²) in [5, 5.41) is 10.5. The number of rotatable bonds is 4. The number of hydrogen-bond acceptors (Lipinski definition) is 5. The minimum Gasteiger partial charge on any atom is -0.399 e. The van der Waals surface area contributed by atoms with Crippen LogP contribution in [0.1, 0.15) is 11.7 Å². The molecule has 4 N–H and O–H groups in total. The average molecular weight is 263 g/mol. The standard InChI is InChI=1S/C12H13N3O2S/c13-9-3-1-2-8(6-9)10(16)7-18-12-14-5-4-11(17)15-12/h1-6,10,16H,7,13H2,(H,14,15,17). The van der Waals surface area contributed by atoms with Crippen LogP contribution in [0.2, 0.25) is 0 Å². The number of thioether (sulfide) groups is 1. The molecule has 0 radical (unpaired) electrons. The van der Waals surface area contributed by atoms with E-state index in [9.17, 15) is 9.90 Å². The van der Waals surface area contributed by atoms with E-state index in [1.165, 1.54) is 24.0 Å². The third-order valence-corrected chi connectivity index (χ3v) is 3.28. The molecule has 0 saturated heterocycles. The summed E-state index contributed by atoms with van der Waals surface area (Å²) in [6, 6.07) is 8.44. The van der Waals surface area contributed by atoms with Gasteiger partial charge in [-0.3, -0.25) is 4.79 Å². The number of benzene rings is 1. The van der Waals surface area contributed by atoms with Crippen LogP contribution in [0.5, 0.6) is 0 Å². The molecule has 2 rings (SSSR count). The summed E-state index contributed by atoms with van der Waals surface area (Å²) < 4.78 is 0. The molecule has 1 aromatic carbocycles. The summed E-state index contributed by atoms with van der Waals surface area (Å²) in [5.41, 5.74) is 6.81. The summed E-state index contributed by atoms with van der Waals surface area (Å²) in [6.45, 7) is 0. The van der Waals surface area contributed by atoms with Crippen LogP contribution in [0.25, 0.3) is 0 Å². The van der Waals surface area contributed by atoms with Crippen molar-refractivity contribution in [3.8, 4) is 0 Å². The van der Waals surface area contributed by atoms with Gasteiger partial charge in [-0.25, -0.2) is 4.98 Å². The predicted octanol–water partition coefficient (Wildman–Crippen LogP) is 1.18. The van der Waals surface area contributed by atoms with E-state index in [4.69, 9.17) is 5.73 Å². The quantitative estimate of drug-likeness (QED) is 0.437. The number of aromatic amines is 1. The van der Waals surface area contributed by atoms with Crippen LogP contribution in [0, 0.1) is 0 Å². The molecule has 0 aliphatic heterocycles. The second-order valence-corrected chi connectivity index (χ2v) is 4.74. The molecule has 1 heterocycles. The fourth-order valence-corrected chi connectivity index (χ4v) is 2.26. The number of aliphatic hydroxyl groups is 1. The molecule has 0 bridgehead atoms. The summed E-state index contributed by atoms with van der Waals surface area (Å²) >= 11 is 1.29. The van der Waals surface area contributed by atoms with Crippen molar-refractivity contribution in [3.63, 3.8) is 0 Å². The Morgan fingerprint density at radius 2 is 2.28 bits per heavy atom. The molecule has 0 aliphatic carbocycles. The highest BCUT2D eigenvalue weighted by atomic mass is 32.2. The van der Waals surface area contributed by atoms with E-state index in [0.29, 0.717) is 16.6 Å². The summed E-state index contributed by atoms with van der Waals surface area (Å²) in [5.74, 6) is 0.399. The summed E-state index contributed by atoms with van der Waals surface area (Å²) in [7, 11) is 0. The molecule has 1 atom stereocenters. The molecule has 0 amide bonds. The second kappa shape index (κ2) is 5.70. The van der Waals surface area contributed by atoms with E-state index in [2.05, 4.69) is 9.97 Å². The van der Waals surface area contributed by atoms with Gasteiger partial charge in [0.1, 0.15) is 0 Å². The fourth-order valence-electron chi connectivity index (χ4n) is 1.45. The van der Waals surface area contributed by atoms with Gasteiger partial charge in [0.15, 0.2) is 5.16 Å². The third-order valence-electron chi connectivity index (χ3n) is 2.32. The van der Waals surface area contributed by atoms with Crippen LogP contribution in [0.4, 0.5) is 5.69 Å². The molecule has 94 valence electrons. The number of nitrogens with two attached hydrogens (primary N) is 1. The molecule has 0 spiro atoms. The zero-order chi connectivity index (χ0) is 13.0. The van der Waals surface area contributed by atoms with E-state index in [1.54, 1.807) is 18.2 Å². The van der Waals surface area contributed by atoms with Gasteiger partial charge in [0, 0.05) is 23.7 Å². The number of H-pyrrole nitrogens is 1. The van der Waals surface area contributed by atoms with E-state index in [-0.39, 0.29) is 5.56 Å². The number of nitrogens with one attached hydrogen (secondary N) is 1. The Balaban J connectivity index is 2.00. The van der Waals surface area contributed by atoms with Gasteiger partial charge in [-0.15, -0.1) is 0 Å². The Kier molecular flexibility index (Phi) is 4.01. The van der Waals surface area contributed by atoms with Gasteiger partial charge in [0.05, 0.1) is 6.10 Å². The van der Waals surface area contributed by atoms with Gasteiger partial charge < -0.3 is 15.8 Å². The lowest BCUT2D eigenvalue weighted by molar-refractivity contribution is 0.204. The number of nitrogen functional groups attached to an aromatic ring is 1. The zero-order valence-electron chi connectivity index (χ0n) is 9.54. The molecule has 1 aromatic heterocycles. The molecular weight excluding hydrogens is 250 g/mol. The van der Waals surface area contributed by atoms with Crippen LogP contribution in [-0.4, -0.2) is 20.8 Å². The van der Waals surface area contributed by atoms with Crippen molar-refractivity contribution in [3.05, 3.63) is 52.4 Å². The lowest BCUT2D eigenvalue weighted by Gasteiger charge is -2.10. The van der Waals surface area contributed by atoms with Gasteiger partial charge in [-0.1, -0.05) is 23.9 Å². The van der Waals surface area contributed by atoms with Gasteiger partial charge in [0.25, 0.3) is 5.56 Å². The maximum absolute atomic E-state index is 11.1. The van der Waals surface area contributed by atoms with Gasteiger partial charge in [-0.05, 0) is 17.7 Å². The second-order valence-electron chi connectivity index (χ2n) is 3.74. The van der Waals surface area contributed by atoms with E-state index < -0.39 is 6.10 Å². The topological polar surface area (TPSA) is 92.0 Å². The largest absolute Gasteiger partial charge is 0.399 e. The highest BCUT2D eigenvalue weighted by Gasteiger charge is 2.09. The van der Waals surface area contributed by atoms with Crippen molar-refractivity contribution >= 4 is 17.4 Å². The minimum absolute atomic E-state index is 0.203. The Morgan fingerprint density at radius 3 is 3.00 bits per heavy atom. The van der Waals surface area contributed by atoms with Crippen LogP contribution < -0.4 is 11.3 Å². The van der Waals surface area contributed by atoms with Crippen molar-refractivity contribution in [1.29, 1.82) is 0 Å². The van der Waals surface area contributed by atoms with E-state index in [1.807, 2.05) is 6.07 Å². The van der Waals surface area contributed by atoms with Crippen LogP contribution in [-0.2, 0) is 0 Å². The molecule has 6 heteroatoms. The van der Waals surface area contributed by atoms with Crippen molar-refractivity contribution in [1.82, 2.24) is 9.97 Å². The van der Waals surface area contributed by atoms with E-state index >= 15 is 0 Å². The third kappa shape index (κ3) is 3.35. The van der Waals surface area contributed by atoms with E-state index in [0.717, 1.165) is 5.56 Å². The maximum atomic E-state index is 11.1. The van der Waals surface area contributed by atoms with Crippen molar-refractivity contribution < 1.29 is 5.11 Å². The lowest BCUT2D eigenvalue weighted by Crippen LogP contribution is -2.07. The van der Waals surface area contributed by atoms with Crippen LogP contribution in [0.15, 0.2) is 46.5 Å². The molecule has 18 heavy (non-hydrogen) atoms. The lowest BCUT2D eigenvalue weighted by atomic mass is 10.1. The first-order valence-corrected chi connectivity index (χ1v) is 6.35. The highest BCUT2D eigenvalue weighted by Crippen LogP contribution is 2.22. The zero-order valence-corrected chi connectivity index (χ0v) is 10.4. The maximum Gasteiger partial charge on any atom is 0.251 e. The smallest absolute Gasteiger partial charge is 0.251 e. The van der Waals surface area contributed by atoms with Crippen molar-refractivity contribution in [2.24, 2.45) is 0 Å². The highest BCUT2D eigenvalue weighted by molar-refractivity contribution is 7.99. The number of anilines is 1. The average Bonchev–Trinajstić information content (AvgIpc) is 2.36. The predicted molar refractivity (Wildman–Crippen MR) is 71.4 cm³/mol. The molecule has 2 aromatic rings. The monoisotopic (exact) mass is 263 g/mol. The fraction of sp³-hybridized carbons (Fsp3) is 0.167. The van der Waals surface area contributed by atoms with Crippen LogP contribution >= 0.6 is 11.8 Å². The van der Waals surface area contributed by atoms with Gasteiger partial charge >= 0.3 is 0 Å². The first-order valence-electron chi connectivity index (χ1n) is 5.37. The van der Waals surface area contributed by atoms with Gasteiger partial charge in [0.2, 0.25) is 0 Å². The SMILES string of the molecule is Nc1cccc(C(O)CSc2nccc(=O)[nH]2)c1. The first kappa shape index (κ1) is 12.7. The number of hydrogen-bond donors (Lipinski definition) is 3. The summed E-state index contributed by atoms with van der Waals surface area (Å²) in [6.07, 6.45) is 0.789. The Bertz CT molecular complexity index is 585. The Labute approximate surface area is 108 Å². The van der Waals surface area contributed by atoms with Gasteiger partial charge in [-0.2, -0.15) is 0 Å². The molecule has 0 saturated carbocycles. The molecule has 1 unspecified atom stereocenters. The van der Waals surface area contributed by atoms with Crippen molar-refractivity contribution in [2.45, 2.75) is 11.3 Å². The Hall–Kier alpha value is -1.79. The summed E-state index contributed by atoms with van der Waals surface area (Å²) in [4.78, 5) is 17.6. The molecule has 0 fully saturated rings. The molecule has 5 nitrogen and oxygen atoms in total. The number of aromatic nitrogens is 2. The minimum atomic E-state index is -0.649. The Morgan fingerprint density at radius 1 is 1.44 bits per heavy atom.